The molecular formula is C26H34N4OS. The average Bonchev–Trinajstić information content (AvgIpc) is 3.24. The van der Waals surface area contributed by atoms with E-state index in [4.69, 9.17) is 0 Å². The smallest absolute Gasteiger partial charge is 0.265 e. The highest BCUT2D eigenvalue weighted by Gasteiger charge is 2.44. The van der Waals surface area contributed by atoms with E-state index in [1.54, 1.807) is 11.8 Å². The number of rotatable bonds is 7. The van der Waals surface area contributed by atoms with Crippen molar-refractivity contribution in [3.05, 3.63) is 45.7 Å². The van der Waals surface area contributed by atoms with Gasteiger partial charge >= 0.3 is 0 Å². The van der Waals surface area contributed by atoms with Gasteiger partial charge in [-0.2, -0.15) is 0 Å². The first-order chi connectivity index (χ1) is 15.7. The maximum absolute atomic E-state index is 14.3. The van der Waals surface area contributed by atoms with Gasteiger partial charge in [0.25, 0.3) is 5.56 Å². The van der Waals surface area contributed by atoms with Crippen molar-refractivity contribution in [2.24, 2.45) is 0 Å². The van der Waals surface area contributed by atoms with Gasteiger partial charge in [-0.05, 0) is 37.7 Å². The molecule has 0 N–H and O–H groups in total. The van der Waals surface area contributed by atoms with Gasteiger partial charge in [-0.15, -0.1) is 10.2 Å². The van der Waals surface area contributed by atoms with Gasteiger partial charge in [0.05, 0.1) is 5.69 Å². The number of hydrogen-bond acceptors (Lipinski definition) is 4. The standard InChI is InChI=1S/C26H34N4OS/c1-3-5-16-29-22-20-13-9-8-12-19(20)18-26(14-10-7-11-15-26)21(22)23(31)30-24(29)27-28-25(30)32-17-6-4-2/h8-9,12-13H,3-7,10-11,14-18H2,1-2H3. The molecule has 1 aromatic carbocycles. The van der Waals surface area contributed by atoms with Gasteiger partial charge in [0.15, 0.2) is 5.16 Å². The first kappa shape index (κ1) is 21.7. The summed E-state index contributed by atoms with van der Waals surface area (Å²) in [5.41, 5.74) is 4.83. The molecule has 0 amide bonds. The van der Waals surface area contributed by atoms with Gasteiger partial charge in [0.1, 0.15) is 0 Å². The highest BCUT2D eigenvalue weighted by molar-refractivity contribution is 7.99. The maximum Gasteiger partial charge on any atom is 0.265 e. The average molecular weight is 451 g/mol. The monoisotopic (exact) mass is 450 g/mol. The third kappa shape index (κ3) is 3.51. The summed E-state index contributed by atoms with van der Waals surface area (Å²) < 4.78 is 4.17. The van der Waals surface area contributed by atoms with Gasteiger partial charge in [0, 0.05) is 28.8 Å². The van der Waals surface area contributed by atoms with E-state index in [2.05, 4.69) is 52.9 Å². The van der Waals surface area contributed by atoms with Crippen molar-refractivity contribution in [2.75, 3.05) is 5.75 Å². The molecule has 5 rings (SSSR count). The Balaban J connectivity index is 1.82. The van der Waals surface area contributed by atoms with Crippen LogP contribution in [0.25, 0.3) is 17.0 Å². The second-order valence-corrected chi connectivity index (χ2v) is 10.6. The molecule has 0 atom stereocenters. The Morgan fingerprint density at radius 3 is 2.59 bits per heavy atom. The summed E-state index contributed by atoms with van der Waals surface area (Å²) in [7, 11) is 0. The van der Waals surface area contributed by atoms with E-state index in [0.29, 0.717) is 5.78 Å². The molecule has 1 saturated carbocycles. The molecule has 2 aromatic heterocycles. The second-order valence-electron chi connectivity index (χ2n) is 9.53. The predicted molar refractivity (Wildman–Crippen MR) is 132 cm³/mol. The molecule has 3 aromatic rings. The van der Waals surface area contributed by atoms with Crippen molar-refractivity contribution in [2.45, 2.75) is 95.2 Å². The number of nitrogens with zero attached hydrogens (tertiary/aromatic N) is 4. The van der Waals surface area contributed by atoms with Crippen LogP contribution in [-0.2, 0) is 18.4 Å². The lowest BCUT2D eigenvalue weighted by Crippen LogP contribution is -2.43. The maximum atomic E-state index is 14.3. The first-order valence-corrected chi connectivity index (χ1v) is 13.4. The minimum atomic E-state index is -0.0587. The fourth-order valence-electron chi connectivity index (χ4n) is 5.76. The highest BCUT2D eigenvalue weighted by atomic mass is 32.2. The summed E-state index contributed by atoms with van der Waals surface area (Å²) in [5, 5.41) is 9.85. The highest BCUT2D eigenvalue weighted by Crippen LogP contribution is 2.49. The van der Waals surface area contributed by atoms with Gasteiger partial charge in [0.2, 0.25) is 5.78 Å². The quantitative estimate of drug-likeness (QED) is 0.327. The lowest BCUT2D eigenvalue weighted by Gasteiger charge is -2.43. The third-order valence-corrected chi connectivity index (χ3v) is 8.40. The number of aromatic nitrogens is 4. The molecule has 0 aliphatic heterocycles. The normalized spacial score (nSPS) is 16.9. The topological polar surface area (TPSA) is 52.2 Å². The summed E-state index contributed by atoms with van der Waals surface area (Å²) in [6.07, 6.45) is 11.3. The Kier molecular flexibility index (Phi) is 6.15. The van der Waals surface area contributed by atoms with Crippen LogP contribution in [0.1, 0.15) is 82.8 Å². The Morgan fingerprint density at radius 1 is 1.03 bits per heavy atom. The van der Waals surface area contributed by atoms with Crippen LogP contribution in [0, 0.1) is 0 Å². The number of aryl methyl sites for hydroxylation is 1. The van der Waals surface area contributed by atoms with Crippen molar-refractivity contribution < 1.29 is 0 Å². The minimum absolute atomic E-state index is 0.0587. The van der Waals surface area contributed by atoms with Crippen LogP contribution in [0.3, 0.4) is 0 Å². The van der Waals surface area contributed by atoms with Crippen molar-refractivity contribution in [3.63, 3.8) is 0 Å². The molecule has 32 heavy (non-hydrogen) atoms. The zero-order chi connectivity index (χ0) is 22.1. The summed E-state index contributed by atoms with van der Waals surface area (Å²) >= 11 is 1.68. The number of benzene rings is 1. The summed E-state index contributed by atoms with van der Waals surface area (Å²) in [5.74, 6) is 1.68. The third-order valence-electron chi connectivity index (χ3n) is 7.39. The molecular weight excluding hydrogens is 416 g/mol. The molecule has 2 aliphatic carbocycles. The van der Waals surface area contributed by atoms with Gasteiger partial charge < -0.3 is 4.57 Å². The van der Waals surface area contributed by atoms with Crippen molar-refractivity contribution in [3.8, 4) is 11.3 Å². The van der Waals surface area contributed by atoms with E-state index in [-0.39, 0.29) is 11.0 Å². The van der Waals surface area contributed by atoms with Crippen LogP contribution in [0.4, 0.5) is 0 Å². The lowest BCUT2D eigenvalue weighted by molar-refractivity contribution is 0.283. The van der Waals surface area contributed by atoms with E-state index >= 15 is 0 Å². The minimum Gasteiger partial charge on any atom is -0.309 e. The number of unbranched alkanes of at least 4 members (excludes halogenated alkanes) is 2. The summed E-state index contributed by atoms with van der Waals surface area (Å²) in [6, 6.07) is 8.72. The lowest BCUT2D eigenvalue weighted by atomic mass is 9.62. The van der Waals surface area contributed by atoms with Gasteiger partial charge in [-0.3, -0.25) is 4.79 Å². The van der Waals surface area contributed by atoms with Crippen molar-refractivity contribution >= 4 is 17.5 Å². The fraction of sp³-hybridized carbons (Fsp3) is 0.577. The van der Waals surface area contributed by atoms with E-state index in [9.17, 15) is 4.79 Å². The van der Waals surface area contributed by atoms with Crippen LogP contribution in [0.15, 0.2) is 34.2 Å². The zero-order valence-electron chi connectivity index (χ0n) is 19.4. The van der Waals surface area contributed by atoms with Crippen LogP contribution >= 0.6 is 11.8 Å². The number of thioether (sulfide) groups is 1. The van der Waals surface area contributed by atoms with Crippen molar-refractivity contribution in [1.29, 1.82) is 0 Å². The summed E-state index contributed by atoms with van der Waals surface area (Å²) in [6.45, 7) is 5.28. The van der Waals surface area contributed by atoms with Crippen LogP contribution in [-0.4, -0.2) is 24.9 Å². The molecule has 0 saturated heterocycles. The van der Waals surface area contributed by atoms with Crippen LogP contribution < -0.4 is 5.56 Å². The van der Waals surface area contributed by atoms with Crippen LogP contribution in [0.2, 0.25) is 0 Å². The molecule has 0 radical (unpaired) electrons. The molecule has 170 valence electrons. The van der Waals surface area contributed by atoms with Gasteiger partial charge in [-0.1, -0.05) is 82.0 Å². The molecule has 2 aliphatic rings. The largest absolute Gasteiger partial charge is 0.309 e. The molecule has 5 nitrogen and oxygen atoms in total. The van der Waals surface area contributed by atoms with E-state index in [1.165, 1.54) is 30.4 Å². The molecule has 0 unspecified atom stereocenters. The Bertz CT molecular complexity index is 1170. The molecule has 0 bridgehead atoms. The predicted octanol–water partition coefficient (Wildman–Crippen LogP) is 6.01. The van der Waals surface area contributed by atoms with E-state index < -0.39 is 0 Å². The molecule has 1 spiro atoms. The SMILES string of the molecule is CCCCSc1nnc2n(CCCC)c3c(c(=O)n12)C1(CCCCC1)Cc1ccccc1-3. The van der Waals surface area contributed by atoms with Crippen LogP contribution in [0.5, 0.6) is 0 Å². The number of fused-ring (bicyclic) bond motifs is 5. The molecule has 1 fully saturated rings. The fourth-order valence-corrected chi connectivity index (χ4v) is 6.77. The number of hydrogen-bond donors (Lipinski definition) is 0. The van der Waals surface area contributed by atoms with E-state index in [1.807, 2.05) is 4.40 Å². The van der Waals surface area contributed by atoms with Gasteiger partial charge in [-0.25, -0.2) is 4.40 Å². The second kappa shape index (κ2) is 9.05. The molecule has 6 heteroatoms. The summed E-state index contributed by atoms with van der Waals surface area (Å²) in [4.78, 5) is 14.3. The Hall–Kier alpha value is -2.08. The van der Waals surface area contributed by atoms with Crippen molar-refractivity contribution in [1.82, 2.24) is 19.2 Å². The zero-order valence-corrected chi connectivity index (χ0v) is 20.2. The Labute approximate surface area is 194 Å². The first-order valence-electron chi connectivity index (χ1n) is 12.4. The Morgan fingerprint density at radius 2 is 1.81 bits per heavy atom. The van der Waals surface area contributed by atoms with E-state index in [0.717, 1.165) is 73.7 Å². The molecule has 2 heterocycles.